The lowest BCUT2D eigenvalue weighted by Gasteiger charge is -2.53. The number of rotatable bonds is 9. The number of piperidine rings is 1. The van der Waals surface area contributed by atoms with Gasteiger partial charge in [0.1, 0.15) is 17.9 Å². The molecule has 0 unspecified atom stereocenters. The van der Waals surface area contributed by atoms with Crippen molar-refractivity contribution in [2.24, 2.45) is 35.5 Å². The fourth-order valence-corrected chi connectivity index (χ4v) is 13.2. The third-order valence-corrected chi connectivity index (χ3v) is 16.2. The summed E-state index contributed by atoms with van der Waals surface area (Å²) >= 11 is 0. The maximum atomic E-state index is 12.4. The van der Waals surface area contributed by atoms with E-state index >= 15 is 0 Å². The number of carboxylic acid groups (broad SMARTS) is 1. The van der Waals surface area contributed by atoms with Gasteiger partial charge in [0.2, 0.25) is 0 Å². The smallest absolute Gasteiger partial charge is 0.303 e. The topological polar surface area (TPSA) is 164 Å². The first-order valence-electron chi connectivity index (χ1n) is 23.7. The summed E-state index contributed by atoms with van der Waals surface area (Å²) in [4.78, 5) is 11.0. The molecule has 4 N–H and O–H groups in total. The van der Waals surface area contributed by atoms with Gasteiger partial charge in [-0.25, -0.2) is 0 Å². The fraction of sp³-hybridized carbons (Fsp3) is 0.854. The molecule has 3 spiro atoms. The second-order valence-corrected chi connectivity index (χ2v) is 21.4. The number of carbonyl (C=O) groups is 1. The second-order valence-electron chi connectivity index (χ2n) is 21.4. The van der Waals surface area contributed by atoms with Gasteiger partial charge in [0.05, 0.1) is 42.7 Å². The van der Waals surface area contributed by atoms with Crippen molar-refractivity contribution in [2.75, 3.05) is 6.54 Å². The number of hydrogen-bond acceptors (Lipinski definition) is 12. The maximum Gasteiger partial charge on any atom is 0.303 e. The van der Waals surface area contributed by atoms with Crippen molar-refractivity contribution in [3.8, 4) is 0 Å². The molecule has 9 rings (SSSR count). The summed E-state index contributed by atoms with van der Waals surface area (Å²) in [5, 5.41) is 37.4. The molecule has 8 fully saturated rings. The van der Waals surface area contributed by atoms with Gasteiger partial charge in [-0.05, 0) is 80.8 Å². The maximum absolute atomic E-state index is 12.4. The molecule has 9 aliphatic rings. The van der Waals surface area contributed by atoms with Crippen molar-refractivity contribution in [1.29, 1.82) is 0 Å². The number of aliphatic hydroxyl groups is 2. The summed E-state index contributed by atoms with van der Waals surface area (Å²) in [6, 6.07) is 0. The Kier molecular flexibility index (Phi) is 11.9. The minimum absolute atomic E-state index is 0.0253. The molecule has 0 aromatic rings. The van der Waals surface area contributed by atoms with E-state index in [9.17, 15) is 15.0 Å². The van der Waals surface area contributed by atoms with Crippen LogP contribution in [0, 0.1) is 35.5 Å². The van der Waals surface area contributed by atoms with Gasteiger partial charge < -0.3 is 53.2 Å². The quantitative estimate of drug-likeness (QED) is 0.183. The lowest BCUT2D eigenvalue weighted by atomic mass is 9.76. The summed E-state index contributed by atoms with van der Waals surface area (Å²) in [6.07, 6.45) is 10.3. The standard InChI is InChI=1S/C48H73NO12/c1-26-16-34(11-9-10-12-40(50)51)55-44(21-26)13-14-47(61-44)32(7)19-35-36(58-47)20-38(54-35)43(52)48(53)33(8)18-29(4)41(60-48)30(5)23-45-22-27(2)17-37(56-45)42-39(57-45)24-46(59-42)31(6)15-28(3)25-49-46/h9,11,21,27-29,31-39,41-43,49,52-53H,5,10,12-20,22-25H2,1-4,6-8H3,(H,50,51)/b11-9+/t27-,28+,29+,31-,32+,33-,34-,35+,36+,37+,38-,39+,41+,42+,43+,44-,45+,46-,47-,48-/m1/s1. The Bertz CT molecular complexity index is 1740. The van der Waals surface area contributed by atoms with Gasteiger partial charge in [0.15, 0.2) is 23.1 Å². The predicted octanol–water partition coefficient (Wildman–Crippen LogP) is 6.65. The Morgan fingerprint density at radius 1 is 0.885 bits per heavy atom. The van der Waals surface area contributed by atoms with Crippen LogP contribution in [0.3, 0.4) is 0 Å². The van der Waals surface area contributed by atoms with Gasteiger partial charge in [0, 0.05) is 63.3 Å². The zero-order valence-electron chi connectivity index (χ0n) is 37.5. The van der Waals surface area contributed by atoms with Crippen molar-refractivity contribution in [2.45, 2.75) is 216 Å². The van der Waals surface area contributed by atoms with E-state index in [1.807, 2.05) is 19.1 Å². The molecule has 61 heavy (non-hydrogen) atoms. The molecular weight excluding hydrogens is 783 g/mol. The molecule has 20 atom stereocenters. The number of aliphatic hydroxyl groups excluding tert-OH is 1. The van der Waals surface area contributed by atoms with E-state index in [0.717, 1.165) is 43.4 Å². The van der Waals surface area contributed by atoms with Crippen molar-refractivity contribution in [1.82, 2.24) is 5.32 Å². The first-order chi connectivity index (χ1) is 28.8. The van der Waals surface area contributed by atoms with Crippen LogP contribution >= 0.6 is 0 Å². The van der Waals surface area contributed by atoms with Crippen molar-refractivity contribution in [3.63, 3.8) is 0 Å². The van der Waals surface area contributed by atoms with Gasteiger partial charge in [0.25, 0.3) is 0 Å². The van der Waals surface area contributed by atoms with Crippen LogP contribution < -0.4 is 5.32 Å². The first kappa shape index (κ1) is 44.5. The summed E-state index contributed by atoms with van der Waals surface area (Å²) in [6.45, 7) is 20.6. The van der Waals surface area contributed by atoms with Crippen LogP contribution in [0.5, 0.6) is 0 Å². The molecule has 2 bridgehead atoms. The van der Waals surface area contributed by atoms with Gasteiger partial charge in [-0.15, -0.1) is 0 Å². The van der Waals surface area contributed by atoms with Gasteiger partial charge in [-0.1, -0.05) is 65.8 Å². The monoisotopic (exact) mass is 856 g/mol. The van der Waals surface area contributed by atoms with Crippen molar-refractivity contribution in [3.05, 3.63) is 36.0 Å². The number of hydrogen-bond donors (Lipinski definition) is 4. The summed E-state index contributed by atoms with van der Waals surface area (Å²) in [5.41, 5.74) is 1.54. The Morgan fingerprint density at radius 2 is 1.67 bits per heavy atom. The third-order valence-electron chi connectivity index (χ3n) is 16.2. The zero-order chi connectivity index (χ0) is 43.3. The number of aliphatic carboxylic acids is 1. The van der Waals surface area contributed by atoms with E-state index in [-0.39, 0.29) is 60.8 Å². The van der Waals surface area contributed by atoms with Crippen LogP contribution in [0.1, 0.15) is 132 Å². The number of ether oxygens (including phenoxy) is 8. The fourth-order valence-electron chi connectivity index (χ4n) is 13.2. The zero-order valence-corrected chi connectivity index (χ0v) is 37.5. The highest BCUT2D eigenvalue weighted by Crippen LogP contribution is 2.56. The molecule has 342 valence electrons. The van der Waals surface area contributed by atoms with Crippen LogP contribution in [0.25, 0.3) is 0 Å². The average molecular weight is 856 g/mol. The number of fused-ring (bicyclic) bond motifs is 5. The van der Waals surface area contributed by atoms with Crippen LogP contribution in [0.15, 0.2) is 36.0 Å². The highest BCUT2D eigenvalue weighted by molar-refractivity contribution is 5.66. The van der Waals surface area contributed by atoms with Crippen LogP contribution in [0.4, 0.5) is 0 Å². The molecule has 9 heterocycles. The van der Waals surface area contributed by atoms with E-state index in [4.69, 9.17) is 43.0 Å². The molecule has 9 aliphatic heterocycles. The summed E-state index contributed by atoms with van der Waals surface area (Å²) in [7, 11) is 0. The molecule has 0 aromatic carbocycles. The van der Waals surface area contributed by atoms with Crippen LogP contribution in [-0.2, 0) is 42.7 Å². The third kappa shape index (κ3) is 8.16. The highest BCUT2D eigenvalue weighted by Gasteiger charge is 2.64. The largest absolute Gasteiger partial charge is 0.481 e. The minimum Gasteiger partial charge on any atom is -0.481 e. The van der Waals surface area contributed by atoms with Crippen LogP contribution in [-0.4, -0.2) is 112 Å². The molecule has 13 nitrogen and oxygen atoms in total. The predicted molar refractivity (Wildman–Crippen MR) is 224 cm³/mol. The van der Waals surface area contributed by atoms with E-state index in [2.05, 4.69) is 59.5 Å². The highest BCUT2D eigenvalue weighted by atomic mass is 16.8. The molecular formula is C48H73NO12. The summed E-state index contributed by atoms with van der Waals surface area (Å²) < 4.78 is 54.4. The molecule has 13 heteroatoms. The molecule has 8 saturated heterocycles. The summed E-state index contributed by atoms with van der Waals surface area (Å²) in [5.74, 6) is -4.44. The van der Waals surface area contributed by atoms with E-state index in [0.29, 0.717) is 69.1 Å². The average Bonchev–Trinajstić information content (AvgIpc) is 3.86. The molecule has 0 aliphatic carbocycles. The van der Waals surface area contributed by atoms with Gasteiger partial charge in [-0.2, -0.15) is 0 Å². The lowest BCUT2D eigenvalue weighted by Crippen LogP contribution is -2.62. The molecule has 0 amide bonds. The Labute approximate surface area is 362 Å². The number of nitrogens with one attached hydrogen (secondary N) is 1. The van der Waals surface area contributed by atoms with Crippen molar-refractivity contribution >= 4 is 5.97 Å². The minimum atomic E-state index is -1.88. The van der Waals surface area contributed by atoms with Gasteiger partial charge >= 0.3 is 5.97 Å². The Hall–Kier alpha value is -1.75. The lowest BCUT2D eigenvalue weighted by molar-refractivity contribution is -0.367. The first-order valence-corrected chi connectivity index (χ1v) is 23.7. The Balaban J connectivity index is 0.852. The second kappa shape index (κ2) is 16.3. The van der Waals surface area contributed by atoms with E-state index in [1.54, 1.807) is 0 Å². The van der Waals surface area contributed by atoms with Gasteiger partial charge in [-0.3, -0.25) is 10.1 Å². The Morgan fingerprint density at radius 3 is 2.44 bits per heavy atom. The number of allylic oxidation sites excluding steroid dienone is 1. The molecule has 0 radical (unpaired) electrons. The normalized spacial score (nSPS) is 52.4. The van der Waals surface area contributed by atoms with E-state index < -0.39 is 53.2 Å². The van der Waals surface area contributed by atoms with E-state index in [1.165, 1.54) is 0 Å². The molecule has 0 aromatic heterocycles. The van der Waals surface area contributed by atoms with Crippen molar-refractivity contribution < 1.29 is 58.0 Å². The number of carboxylic acids is 1. The van der Waals surface area contributed by atoms with Crippen LogP contribution in [0.2, 0.25) is 0 Å². The molecule has 0 saturated carbocycles. The SMILES string of the molecule is C=C(C[C@@]12C[C@H](C)C[C@H](O1)[C@@H]1O[C@@]3(C[C@@H]1O2)NC[C@@H](C)C[C@H]3C)[C@H]1O[C@@](O)([C@@H](O)[C@H]2C[C@@H]3O[C@@]4(CC[C@]5(C=C(C)C[C@@H](/C=C/CCC(=O)O)O5)O4)[C@@H](C)C[C@@H]3O2)[C@H](C)C[C@@H]1C.